The van der Waals surface area contributed by atoms with E-state index in [1.807, 2.05) is 18.7 Å². The first kappa shape index (κ1) is 14.2. The third-order valence-electron chi connectivity index (χ3n) is 3.79. The van der Waals surface area contributed by atoms with Crippen LogP contribution in [0.25, 0.3) is 0 Å². The topological polar surface area (TPSA) is 25.8 Å². The largest absolute Gasteiger partial charge is 0.229 e. The van der Waals surface area contributed by atoms with Crippen molar-refractivity contribution in [3.8, 4) is 11.8 Å². The fraction of sp³-hybridized carbons (Fsp3) is 0.333. The van der Waals surface area contributed by atoms with Gasteiger partial charge in [-0.2, -0.15) is 0 Å². The van der Waals surface area contributed by atoms with Crippen molar-refractivity contribution >= 4 is 11.8 Å². The highest BCUT2D eigenvalue weighted by Gasteiger charge is 2.27. The minimum absolute atomic E-state index is 0.235. The maximum absolute atomic E-state index is 4.22. The standard InChI is InChI=1S/C18H18N2S/c1-13-11-19-17(20-12-13)7-5-14-4-6-16-15(10-14)18(2,3)8-9-21-16/h4,6,10-12H,8-9H2,1-3H3. The van der Waals surface area contributed by atoms with E-state index in [4.69, 9.17) is 0 Å². The Kier molecular flexibility index (Phi) is 3.73. The summed E-state index contributed by atoms with van der Waals surface area (Å²) in [4.78, 5) is 9.83. The molecule has 0 saturated carbocycles. The Balaban J connectivity index is 1.93. The van der Waals surface area contributed by atoms with Crippen LogP contribution in [0.1, 0.15) is 42.8 Å². The van der Waals surface area contributed by atoms with Gasteiger partial charge in [0.15, 0.2) is 0 Å². The molecule has 21 heavy (non-hydrogen) atoms. The van der Waals surface area contributed by atoms with E-state index in [1.54, 1.807) is 12.4 Å². The molecule has 0 saturated heterocycles. The smallest absolute Gasteiger partial charge is 0.205 e. The molecule has 2 nitrogen and oxygen atoms in total. The molecule has 0 aliphatic carbocycles. The molecule has 3 rings (SSSR count). The molecule has 106 valence electrons. The highest BCUT2D eigenvalue weighted by Crippen LogP contribution is 2.41. The number of rotatable bonds is 0. The van der Waals surface area contributed by atoms with E-state index >= 15 is 0 Å². The van der Waals surface area contributed by atoms with E-state index < -0.39 is 0 Å². The average molecular weight is 294 g/mol. The number of aryl methyl sites for hydroxylation is 1. The van der Waals surface area contributed by atoms with Gasteiger partial charge >= 0.3 is 0 Å². The van der Waals surface area contributed by atoms with Crippen molar-refractivity contribution < 1.29 is 0 Å². The first-order valence-corrected chi connectivity index (χ1v) is 8.11. The fourth-order valence-corrected chi connectivity index (χ4v) is 3.89. The Morgan fingerprint density at radius 2 is 1.90 bits per heavy atom. The average Bonchev–Trinajstić information content (AvgIpc) is 2.47. The van der Waals surface area contributed by atoms with Crippen molar-refractivity contribution in [2.45, 2.75) is 37.5 Å². The molecule has 0 unspecified atom stereocenters. The normalized spacial score (nSPS) is 15.8. The Morgan fingerprint density at radius 1 is 1.14 bits per heavy atom. The second-order valence-corrected chi connectivity index (χ2v) is 7.16. The van der Waals surface area contributed by atoms with E-state index in [0.29, 0.717) is 5.82 Å². The van der Waals surface area contributed by atoms with Gasteiger partial charge in [0.2, 0.25) is 5.82 Å². The first-order valence-electron chi connectivity index (χ1n) is 7.13. The summed E-state index contributed by atoms with van der Waals surface area (Å²) in [5, 5.41) is 0. The van der Waals surface area contributed by atoms with E-state index in [2.05, 4.69) is 53.9 Å². The van der Waals surface area contributed by atoms with Crippen molar-refractivity contribution in [1.29, 1.82) is 0 Å². The van der Waals surface area contributed by atoms with E-state index in [-0.39, 0.29) is 5.41 Å². The second kappa shape index (κ2) is 5.54. The Hall–Kier alpha value is -1.79. The summed E-state index contributed by atoms with van der Waals surface area (Å²) in [5.74, 6) is 8.00. The maximum Gasteiger partial charge on any atom is 0.205 e. The molecule has 1 aromatic heterocycles. The summed E-state index contributed by atoms with van der Waals surface area (Å²) < 4.78 is 0. The molecule has 0 radical (unpaired) electrons. The van der Waals surface area contributed by atoms with Crippen LogP contribution in [0, 0.1) is 18.8 Å². The van der Waals surface area contributed by atoms with Gasteiger partial charge in [-0.3, -0.25) is 0 Å². The third-order valence-corrected chi connectivity index (χ3v) is 4.87. The molecule has 1 aromatic carbocycles. The molecule has 2 aromatic rings. The molecule has 0 amide bonds. The highest BCUT2D eigenvalue weighted by atomic mass is 32.2. The molecule has 0 bridgehead atoms. The zero-order valence-corrected chi connectivity index (χ0v) is 13.4. The van der Waals surface area contributed by atoms with Crippen molar-refractivity contribution in [2.24, 2.45) is 0 Å². The number of hydrogen-bond acceptors (Lipinski definition) is 3. The van der Waals surface area contributed by atoms with Gasteiger partial charge in [-0.25, -0.2) is 9.97 Å². The lowest BCUT2D eigenvalue weighted by molar-refractivity contribution is 0.494. The van der Waals surface area contributed by atoms with E-state index in [9.17, 15) is 0 Å². The lowest BCUT2D eigenvalue weighted by Gasteiger charge is -2.32. The van der Waals surface area contributed by atoms with Gasteiger partial charge < -0.3 is 0 Å². The van der Waals surface area contributed by atoms with Gasteiger partial charge in [0.05, 0.1) is 0 Å². The SMILES string of the molecule is Cc1cnc(C#Cc2ccc3c(c2)C(C)(C)CCS3)nc1. The summed E-state index contributed by atoms with van der Waals surface area (Å²) in [6.45, 7) is 6.60. The van der Waals surface area contributed by atoms with Crippen LogP contribution in [0.15, 0.2) is 35.5 Å². The van der Waals surface area contributed by atoms with Gasteiger partial charge in [0.1, 0.15) is 0 Å². The van der Waals surface area contributed by atoms with Gasteiger partial charge in [0.25, 0.3) is 0 Å². The van der Waals surface area contributed by atoms with Crippen LogP contribution in [0.5, 0.6) is 0 Å². The van der Waals surface area contributed by atoms with Crippen LogP contribution in [0.3, 0.4) is 0 Å². The summed E-state index contributed by atoms with van der Waals surface area (Å²) in [5.41, 5.74) is 3.73. The Morgan fingerprint density at radius 3 is 2.67 bits per heavy atom. The molecular weight excluding hydrogens is 276 g/mol. The maximum atomic E-state index is 4.22. The molecule has 1 aliphatic heterocycles. The minimum atomic E-state index is 0.235. The number of hydrogen-bond donors (Lipinski definition) is 0. The number of thioether (sulfide) groups is 1. The van der Waals surface area contributed by atoms with Gasteiger partial charge in [-0.15, -0.1) is 11.8 Å². The van der Waals surface area contributed by atoms with Crippen molar-refractivity contribution in [2.75, 3.05) is 5.75 Å². The molecule has 2 heterocycles. The third kappa shape index (κ3) is 3.11. The monoisotopic (exact) mass is 294 g/mol. The number of benzene rings is 1. The predicted molar refractivity (Wildman–Crippen MR) is 87.6 cm³/mol. The van der Waals surface area contributed by atoms with Crippen LogP contribution in [-0.2, 0) is 5.41 Å². The molecule has 0 N–H and O–H groups in total. The molecule has 0 fully saturated rings. The van der Waals surface area contributed by atoms with Crippen molar-refractivity contribution in [3.63, 3.8) is 0 Å². The molecule has 1 aliphatic rings. The van der Waals surface area contributed by atoms with Crippen molar-refractivity contribution in [3.05, 3.63) is 53.1 Å². The van der Waals surface area contributed by atoms with Crippen LogP contribution in [0.4, 0.5) is 0 Å². The zero-order valence-electron chi connectivity index (χ0n) is 12.6. The van der Waals surface area contributed by atoms with Crippen LogP contribution in [0.2, 0.25) is 0 Å². The van der Waals surface area contributed by atoms with E-state index in [1.165, 1.54) is 22.6 Å². The number of fused-ring (bicyclic) bond motifs is 1. The Bertz CT molecular complexity index is 721. The van der Waals surface area contributed by atoms with Crippen molar-refractivity contribution in [1.82, 2.24) is 9.97 Å². The molecule has 0 atom stereocenters. The summed E-state index contributed by atoms with van der Waals surface area (Å²) >= 11 is 1.94. The minimum Gasteiger partial charge on any atom is -0.229 e. The number of aromatic nitrogens is 2. The molecule has 3 heteroatoms. The zero-order chi connectivity index (χ0) is 14.9. The van der Waals surface area contributed by atoms with E-state index in [0.717, 1.165) is 11.1 Å². The molecular formula is C18H18N2S. The molecule has 0 spiro atoms. The summed E-state index contributed by atoms with van der Waals surface area (Å²) in [7, 11) is 0. The summed E-state index contributed by atoms with van der Waals surface area (Å²) in [6, 6.07) is 6.51. The lowest BCUT2D eigenvalue weighted by atomic mass is 9.81. The summed E-state index contributed by atoms with van der Waals surface area (Å²) in [6.07, 6.45) is 4.80. The van der Waals surface area contributed by atoms with Gasteiger partial charge in [-0.05, 0) is 59.8 Å². The predicted octanol–water partition coefficient (Wildman–Crippen LogP) is 3.96. The lowest BCUT2D eigenvalue weighted by Crippen LogP contribution is -2.22. The Labute approximate surface area is 130 Å². The number of nitrogens with zero attached hydrogens (tertiary/aromatic N) is 2. The fourth-order valence-electron chi connectivity index (χ4n) is 2.40. The van der Waals surface area contributed by atoms with Gasteiger partial charge in [-0.1, -0.05) is 19.8 Å². The van der Waals surface area contributed by atoms with Gasteiger partial charge in [0, 0.05) is 22.9 Å². The first-order chi connectivity index (χ1) is 10.0. The van der Waals surface area contributed by atoms with Crippen LogP contribution in [-0.4, -0.2) is 15.7 Å². The quantitative estimate of drug-likeness (QED) is 0.688. The van der Waals surface area contributed by atoms with Crippen LogP contribution < -0.4 is 0 Å². The second-order valence-electron chi connectivity index (χ2n) is 6.03. The van der Waals surface area contributed by atoms with Crippen LogP contribution >= 0.6 is 11.8 Å². The highest BCUT2D eigenvalue weighted by molar-refractivity contribution is 7.99.